The molecule has 0 radical (unpaired) electrons. The van der Waals surface area contributed by atoms with Crippen LogP contribution in [0.3, 0.4) is 0 Å². The van der Waals surface area contributed by atoms with Crippen LogP contribution in [0, 0.1) is 6.92 Å². The first-order chi connectivity index (χ1) is 36.1. The van der Waals surface area contributed by atoms with Gasteiger partial charge in [0.1, 0.15) is 52.5 Å². The maximum absolute atomic E-state index is 13.5. The molecule has 5 aromatic rings. The van der Waals surface area contributed by atoms with Gasteiger partial charge in [-0.25, -0.2) is 24.9 Å². The first kappa shape index (κ1) is 57.9. The quantitative estimate of drug-likeness (QED) is 0.0398. The lowest BCUT2D eigenvalue weighted by molar-refractivity contribution is -0.132. The molecular formula is C48H50N14O14S. The minimum atomic E-state index is -1.98. The van der Waals surface area contributed by atoms with Crippen LogP contribution in [-0.2, 0) is 28.8 Å². The van der Waals surface area contributed by atoms with Crippen molar-refractivity contribution in [2.75, 3.05) is 0 Å². The third-order valence-electron chi connectivity index (χ3n) is 10.1. The topological polar surface area (TPSA) is 420 Å². The minimum Gasteiger partial charge on any atom is -0.443 e. The second kappa shape index (κ2) is 24.4. The Balaban J connectivity index is 1.17. The predicted octanol–water partition coefficient (Wildman–Crippen LogP) is 0.553. The number of oxazole rings is 3. The van der Waals surface area contributed by atoms with E-state index in [-0.39, 0.29) is 63.1 Å². The summed E-state index contributed by atoms with van der Waals surface area (Å²) in [5.74, 6) is -9.33. The summed E-state index contributed by atoms with van der Waals surface area (Å²) in [4.78, 5) is 136. The van der Waals surface area contributed by atoms with Crippen LogP contribution in [0.25, 0.3) is 39.1 Å². The van der Waals surface area contributed by atoms with Crippen molar-refractivity contribution in [1.29, 1.82) is 0 Å². The number of aliphatic hydroxyl groups excluding tert-OH is 1. The van der Waals surface area contributed by atoms with Crippen LogP contribution in [0.1, 0.15) is 89.5 Å². The number of nitrogens with two attached hydrogens (primary N) is 1. The van der Waals surface area contributed by atoms with Gasteiger partial charge in [0.15, 0.2) is 11.4 Å². The maximum atomic E-state index is 13.5. The number of primary amides is 1. The van der Waals surface area contributed by atoms with E-state index >= 15 is 0 Å². The van der Waals surface area contributed by atoms with E-state index < -0.39 is 99.9 Å². The number of nitrogens with one attached hydrogen (secondary N) is 8. The Morgan fingerprint density at radius 3 is 1.97 bits per heavy atom. The summed E-state index contributed by atoms with van der Waals surface area (Å²) in [5.41, 5.74) is 0.891. The van der Waals surface area contributed by atoms with E-state index in [4.69, 9.17) is 19.0 Å². The molecule has 12 N–H and O–H groups in total. The van der Waals surface area contributed by atoms with Gasteiger partial charge < -0.3 is 71.7 Å². The zero-order chi connectivity index (χ0) is 57.2. The molecular weight excluding hydrogens is 1030 g/mol. The number of nitrogens with zero attached hydrogens (tertiary/aromatic N) is 5. The SMILES string of the molecule is C=C(NC(=O)c1ccc(-c2nccs2)c(-c2coc(C(=C)NC(=O)C(=C)NC(=O)c3nc(C(=C)NC(=O)[C@@H](NC(=O)C(=C)NC(=O)c4coc(/C(=C/C)NC(=O)[C@@H](NC(C)=O)[C@@H](C)O)n4)C(C)(C)O)oc3C)n2)n1)C(N)=O. The molecule has 3 atom stereocenters. The summed E-state index contributed by atoms with van der Waals surface area (Å²) >= 11 is 1.27. The van der Waals surface area contributed by atoms with Gasteiger partial charge in [0.05, 0.1) is 45.9 Å². The largest absolute Gasteiger partial charge is 0.443 e. The fourth-order valence-corrected chi connectivity index (χ4v) is 6.91. The van der Waals surface area contributed by atoms with E-state index in [1.54, 1.807) is 17.6 Å². The number of aryl methyl sites for hydroxylation is 1. The molecule has 0 aromatic carbocycles. The predicted molar refractivity (Wildman–Crippen MR) is 271 cm³/mol. The molecule has 5 heterocycles. The standard InChI is InChI=1S/C48H50N14O14S/c1-12-28(58-41(70)32(24(7)63)56-26(9)64)46-60-31(18-75-46)40(69)52-21(4)38(67)62-35(48(10,11)73)43(72)55-23(6)45-61-33(25(8)76-45)42(71)53-20(3)37(66)54-22(5)44-59-30(17-74-44)34-27(47-50-15-16-77-47)13-14-29(57-34)39(68)51-19(2)36(49)65/h12-18,24,32,35,63,73H,2-6H2,1,7-11H3,(H2,49,65)(H,51,68)(H,52,69)(H,53,71)(H,54,66)(H,55,72)(H,56,64)(H,58,70)(H,62,67)/b28-12-/t24-,32+,35-/m1/s1. The second-order valence-electron chi connectivity index (χ2n) is 16.7. The van der Waals surface area contributed by atoms with Crippen LogP contribution in [0.2, 0.25) is 0 Å². The maximum Gasteiger partial charge on any atom is 0.278 e. The van der Waals surface area contributed by atoms with Gasteiger partial charge in [-0.3, -0.25) is 43.2 Å². The highest BCUT2D eigenvalue weighted by atomic mass is 32.1. The van der Waals surface area contributed by atoms with E-state index in [0.29, 0.717) is 10.6 Å². The number of thiazole rings is 1. The molecule has 0 saturated carbocycles. The van der Waals surface area contributed by atoms with Gasteiger partial charge in [-0.2, -0.15) is 0 Å². The van der Waals surface area contributed by atoms with Crippen LogP contribution in [0.15, 0.2) is 106 Å². The van der Waals surface area contributed by atoms with Crippen LogP contribution < -0.4 is 48.3 Å². The van der Waals surface area contributed by atoms with Crippen molar-refractivity contribution < 1.29 is 66.6 Å². The number of aliphatic hydroxyl groups is 2. The monoisotopic (exact) mass is 1080 g/mol. The highest BCUT2D eigenvalue weighted by Gasteiger charge is 2.37. The molecule has 0 aliphatic rings. The number of allylic oxidation sites excluding steroid dienone is 1. The Labute approximate surface area is 440 Å². The zero-order valence-corrected chi connectivity index (χ0v) is 42.6. The van der Waals surface area contributed by atoms with Crippen molar-refractivity contribution in [2.24, 2.45) is 5.73 Å². The molecule has 28 nitrogen and oxygen atoms in total. The van der Waals surface area contributed by atoms with E-state index in [1.807, 2.05) is 0 Å². The summed E-state index contributed by atoms with van der Waals surface area (Å²) in [7, 11) is 0. The van der Waals surface area contributed by atoms with Crippen molar-refractivity contribution in [3.05, 3.63) is 133 Å². The van der Waals surface area contributed by atoms with E-state index in [0.717, 1.165) is 13.2 Å². The first-order valence-corrected chi connectivity index (χ1v) is 23.0. The first-order valence-electron chi connectivity index (χ1n) is 22.2. The van der Waals surface area contributed by atoms with Gasteiger partial charge in [-0.05, 0) is 46.8 Å². The molecule has 0 bridgehead atoms. The van der Waals surface area contributed by atoms with Crippen LogP contribution in [-0.4, -0.2) is 112 Å². The second-order valence-corrected chi connectivity index (χ2v) is 17.6. The summed E-state index contributed by atoms with van der Waals surface area (Å²) in [5, 5.41) is 41.5. The smallest absolute Gasteiger partial charge is 0.278 e. The molecule has 0 saturated heterocycles. The van der Waals surface area contributed by atoms with Gasteiger partial charge in [0.2, 0.25) is 35.4 Å². The Morgan fingerprint density at radius 2 is 1.36 bits per heavy atom. The number of hydrogen-bond acceptors (Lipinski definition) is 20. The van der Waals surface area contributed by atoms with Gasteiger partial charge >= 0.3 is 0 Å². The van der Waals surface area contributed by atoms with Crippen LogP contribution >= 0.6 is 11.3 Å². The van der Waals surface area contributed by atoms with Gasteiger partial charge in [0, 0.05) is 24.1 Å². The summed E-state index contributed by atoms with van der Waals surface area (Å²) < 4.78 is 16.4. The molecule has 29 heteroatoms. The fourth-order valence-electron chi connectivity index (χ4n) is 6.25. The molecule has 9 amide bonds. The molecule has 77 heavy (non-hydrogen) atoms. The number of pyridine rings is 1. The number of aromatic nitrogens is 5. The number of hydrogen-bond donors (Lipinski definition) is 11. The lowest BCUT2D eigenvalue weighted by atomic mass is 9.97. The average Bonchev–Trinajstić information content (AvgIpc) is 4.22. The normalized spacial score (nSPS) is 12.3. The Morgan fingerprint density at radius 1 is 0.740 bits per heavy atom. The van der Waals surface area contributed by atoms with Crippen LogP contribution in [0.5, 0.6) is 0 Å². The van der Waals surface area contributed by atoms with E-state index in [1.165, 1.54) is 64.4 Å². The number of amides is 9. The molecule has 0 aliphatic carbocycles. The summed E-state index contributed by atoms with van der Waals surface area (Å²) in [6.07, 6.45) is 3.71. The molecule has 5 rings (SSSR count). The minimum absolute atomic E-state index is 0.0388. The van der Waals surface area contributed by atoms with Crippen molar-refractivity contribution in [3.63, 3.8) is 0 Å². The molecule has 0 aliphatic heterocycles. The molecule has 5 aromatic heterocycles. The van der Waals surface area contributed by atoms with Crippen molar-refractivity contribution in [2.45, 2.75) is 65.3 Å². The third kappa shape index (κ3) is 14.6. The zero-order valence-electron chi connectivity index (χ0n) is 41.8. The number of rotatable bonds is 23. The van der Waals surface area contributed by atoms with Gasteiger partial charge in [0.25, 0.3) is 35.4 Å². The van der Waals surface area contributed by atoms with Crippen molar-refractivity contribution >= 4 is 81.6 Å². The molecule has 0 spiro atoms. The summed E-state index contributed by atoms with van der Waals surface area (Å²) in [6, 6.07) is -0.164. The highest BCUT2D eigenvalue weighted by Crippen LogP contribution is 2.32. The fraction of sp³-hybridized carbons (Fsp3) is 0.208. The molecule has 0 fully saturated rings. The highest BCUT2D eigenvalue weighted by molar-refractivity contribution is 7.13. The average molecular weight is 1080 g/mol. The third-order valence-corrected chi connectivity index (χ3v) is 10.9. The van der Waals surface area contributed by atoms with Crippen molar-refractivity contribution in [3.8, 4) is 22.0 Å². The summed E-state index contributed by atoms with van der Waals surface area (Å²) in [6.45, 7) is 25.6. The van der Waals surface area contributed by atoms with Gasteiger partial charge in [-0.15, -0.1) is 11.3 Å². The number of carbonyl (C=O) groups is 9. The molecule has 402 valence electrons. The lowest BCUT2D eigenvalue weighted by Gasteiger charge is -2.29. The van der Waals surface area contributed by atoms with E-state index in [9.17, 15) is 53.4 Å². The molecule has 0 unspecified atom stereocenters. The number of carbonyl (C=O) groups excluding carboxylic acids is 9. The Kier molecular flexibility index (Phi) is 18.3. The van der Waals surface area contributed by atoms with E-state index in [2.05, 4.69) is 100 Å². The van der Waals surface area contributed by atoms with Gasteiger partial charge in [-0.1, -0.05) is 39.0 Å². The van der Waals surface area contributed by atoms with Crippen LogP contribution in [0.4, 0.5) is 0 Å². The Bertz CT molecular complexity index is 3300. The Hall–Kier alpha value is -10.00. The lowest BCUT2D eigenvalue weighted by Crippen LogP contribution is -2.58. The van der Waals surface area contributed by atoms with Crippen molar-refractivity contribution in [1.82, 2.24) is 67.5 Å².